The van der Waals surface area contributed by atoms with Crippen molar-refractivity contribution in [3.05, 3.63) is 65.7 Å². The third kappa shape index (κ3) is 3.60. The molecule has 9 nitrogen and oxygen atoms in total. The number of rotatable bonds is 5. The molecular formula is C19H14N8OS. The molecule has 0 fully saturated rings. The first-order valence-corrected chi connectivity index (χ1v) is 9.57. The molecule has 1 aliphatic heterocycles. The van der Waals surface area contributed by atoms with Crippen molar-refractivity contribution in [1.82, 2.24) is 25.1 Å². The van der Waals surface area contributed by atoms with E-state index in [1.807, 2.05) is 24.4 Å². The van der Waals surface area contributed by atoms with Crippen LogP contribution in [-0.4, -0.2) is 37.3 Å². The third-order valence-corrected chi connectivity index (χ3v) is 5.13. The Bertz CT molecular complexity index is 1210. The second kappa shape index (κ2) is 7.24. The topological polar surface area (TPSA) is 121 Å². The molecule has 0 atom stereocenters. The zero-order valence-corrected chi connectivity index (χ0v) is 15.8. The second-order valence-corrected chi connectivity index (χ2v) is 7.23. The van der Waals surface area contributed by atoms with Gasteiger partial charge >= 0.3 is 0 Å². The molecule has 1 amide bonds. The molecule has 0 radical (unpaired) electrons. The highest BCUT2D eigenvalue weighted by Gasteiger charge is 2.13. The fraction of sp³-hybridized carbons (Fsp3) is 0.0526. The first-order valence-electron chi connectivity index (χ1n) is 8.75. The summed E-state index contributed by atoms with van der Waals surface area (Å²) in [6.07, 6.45) is 4.77. The standard InChI is InChI=1S/C19H14N8OS/c28-17(15-9-21-10-22-15)25-16-3-1-2-14(24-16)18-26-27-19(29-18)23-13-5-4-11-7-20-8-12(11)6-13/h1-6,8-10H,7H2,(H,21,22)(H,23,27)(H,24,25,28). The lowest BCUT2D eigenvalue weighted by Gasteiger charge is -2.04. The van der Waals surface area contributed by atoms with Crippen LogP contribution in [0.4, 0.5) is 16.6 Å². The quantitative estimate of drug-likeness (QED) is 0.471. The number of benzene rings is 1. The Morgan fingerprint density at radius 3 is 3.03 bits per heavy atom. The number of aromatic amines is 1. The maximum atomic E-state index is 12.1. The number of nitrogens with zero attached hydrogens (tertiary/aromatic N) is 5. The van der Waals surface area contributed by atoms with E-state index in [1.165, 1.54) is 29.4 Å². The number of nitrogens with one attached hydrogen (secondary N) is 3. The minimum Gasteiger partial charge on any atom is -0.341 e. The summed E-state index contributed by atoms with van der Waals surface area (Å²) in [5.41, 5.74) is 4.24. The van der Waals surface area contributed by atoms with Gasteiger partial charge in [-0.3, -0.25) is 9.79 Å². The predicted octanol–water partition coefficient (Wildman–Crippen LogP) is 3.25. The molecule has 0 aliphatic carbocycles. The van der Waals surface area contributed by atoms with Gasteiger partial charge < -0.3 is 15.6 Å². The highest BCUT2D eigenvalue weighted by Crippen LogP contribution is 2.29. The van der Waals surface area contributed by atoms with E-state index in [0.717, 1.165) is 17.8 Å². The molecule has 10 heteroatoms. The number of fused-ring (bicyclic) bond motifs is 1. The number of carbonyl (C=O) groups is 1. The van der Waals surface area contributed by atoms with Crippen LogP contribution in [0.3, 0.4) is 0 Å². The van der Waals surface area contributed by atoms with Crippen molar-refractivity contribution in [3.63, 3.8) is 0 Å². The molecule has 29 heavy (non-hydrogen) atoms. The minimum atomic E-state index is -0.313. The van der Waals surface area contributed by atoms with Gasteiger partial charge in [0.1, 0.15) is 17.2 Å². The lowest BCUT2D eigenvalue weighted by Crippen LogP contribution is -2.13. The molecule has 5 rings (SSSR count). The zero-order chi connectivity index (χ0) is 19.6. The first-order chi connectivity index (χ1) is 14.2. The van der Waals surface area contributed by atoms with Crippen LogP contribution in [0.5, 0.6) is 0 Å². The van der Waals surface area contributed by atoms with E-state index >= 15 is 0 Å². The van der Waals surface area contributed by atoms with E-state index in [-0.39, 0.29) is 5.91 Å². The number of anilines is 3. The highest BCUT2D eigenvalue weighted by molar-refractivity contribution is 7.18. The molecule has 1 aliphatic rings. The molecule has 0 saturated carbocycles. The number of carbonyl (C=O) groups excluding carboxylic acids is 1. The molecular weight excluding hydrogens is 388 g/mol. The van der Waals surface area contributed by atoms with Crippen LogP contribution >= 0.6 is 11.3 Å². The van der Waals surface area contributed by atoms with Crippen LogP contribution in [0.2, 0.25) is 0 Å². The molecule has 0 bridgehead atoms. The van der Waals surface area contributed by atoms with Gasteiger partial charge in [0.2, 0.25) is 5.13 Å². The van der Waals surface area contributed by atoms with Crippen LogP contribution in [0.1, 0.15) is 21.6 Å². The second-order valence-electron chi connectivity index (χ2n) is 6.25. The molecule has 0 spiro atoms. The average Bonchev–Trinajstić information content (AvgIpc) is 3.49. The van der Waals surface area contributed by atoms with Gasteiger partial charge in [0.05, 0.1) is 19.1 Å². The SMILES string of the molecule is O=C(Nc1cccc(-c2nnc(Nc3ccc4c(c3)C=NC4)s2)n1)c1cnc[nH]1. The van der Waals surface area contributed by atoms with Crippen LogP contribution < -0.4 is 10.6 Å². The summed E-state index contributed by atoms with van der Waals surface area (Å²) in [4.78, 5) is 27.5. The number of H-pyrrole nitrogens is 1. The number of imidazole rings is 1. The van der Waals surface area contributed by atoms with Gasteiger partial charge in [-0.25, -0.2) is 9.97 Å². The highest BCUT2D eigenvalue weighted by atomic mass is 32.1. The number of hydrogen-bond donors (Lipinski definition) is 3. The Balaban J connectivity index is 1.32. The molecule has 4 heterocycles. The van der Waals surface area contributed by atoms with E-state index < -0.39 is 0 Å². The number of amides is 1. The lowest BCUT2D eigenvalue weighted by atomic mass is 10.1. The van der Waals surface area contributed by atoms with Crippen molar-refractivity contribution < 1.29 is 4.79 Å². The van der Waals surface area contributed by atoms with Gasteiger partial charge in [-0.15, -0.1) is 10.2 Å². The molecule has 0 unspecified atom stereocenters. The van der Waals surface area contributed by atoms with Gasteiger partial charge in [-0.05, 0) is 35.4 Å². The largest absolute Gasteiger partial charge is 0.341 e. The summed E-state index contributed by atoms with van der Waals surface area (Å²) in [7, 11) is 0. The van der Waals surface area contributed by atoms with Crippen LogP contribution in [0.15, 0.2) is 53.9 Å². The van der Waals surface area contributed by atoms with Crippen molar-refractivity contribution >= 4 is 40.1 Å². The smallest absolute Gasteiger partial charge is 0.274 e. The Morgan fingerprint density at radius 1 is 1.17 bits per heavy atom. The van der Waals surface area contributed by atoms with E-state index in [4.69, 9.17) is 0 Å². The van der Waals surface area contributed by atoms with Crippen molar-refractivity contribution in [2.24, 2.45) is 4.99 Å². The Labute approximate surface area is 169 Å². The lowest BCUT2D eigenvalue weighted by molar-refractivity contribution is 0.102. The van der Waals surface area contributed by atoms with Gasteiger partial charge in [0, 0.05) is 11.9 Å². The van der Waals surface area contributed by atoms with Crippen LogP contribution in [0.25, 0.3) is 10.7 Å². The molecule has 0 saturated heterocycles. The van der Waals surface area contributed by atoms with E-state index in [2.05, 4.69) is 46.8 Å². The van der Waals surface area contributed by atoms with Crippen molar-refractivity contribution in [2.45, 2.75) is 6.54 Å². The predicted molar refractivity (Wildman–Crippen MR) is 111 cm³/mol. The summed E-state index contributed by atoms with van der Waals surface area (Å²) >= 11 is 1.38. The van der Waals surface area contributed by atoms with Crippen molar-refractivity contribution in [1.29, 1.82) is 0 Å². The van der Waals surface area contributed by atoms with Crippen molar-refractivity contribution in [2.75, 3.05) is 10.6 Å². The van der Waals surface area contributed by atoms with Gasteiger partial charge in [-0.2, -0.15) is 0 Å². The third-order valence-electron chi connectivity index (χ3n) is 4.27. The molecule has 3 N–H and O–H groups in total. The summed E-state index contributed by atoms with van der Waals surface area (Å²) < 4.78 is 0. The van der Waals surface area contributed by atoms with Crippen molar-refractivity contribution in [3.8, 4) is 10.7 Å². The Hall–Kier alpha value is -3.92. The summed E-state index contributed by atoms with van der Waals surface area (Å²) in [5.74, 6) is 0.108. The van der Waals surface area contributed by atoms with E-state index in [0.29, 0.717) is 27.3 Å². The number of aromatic nitrogens is 5. The normalized spacial score (nSPS) is 12.0. The average molecular weight is 402 g/mol. The van der Waals surface area contributed by atoms with Gasteiger partial charge in [-0.1, -0.05) is 23.5 Å². The monoisotopic (exact) mass is 402 g/mol. The molecule has 3 aromatic heterocycles. The molecule has 1 aromatic carbocycles. The maximum Gasteiger partial charge on any atom is 0.274 e. The fourth-order valence-electron chi connectivity index (χ4n) is 2.87. The summed E-state index contributed by atoms with van der Waals surface area (Å²) in [6, 6.07) is 11.4. The maximum absolute atomic E-state index is 12.1. The number of hydrogen-bond acceptors (Lipinski definition) is 8. The Morgan fingerprint density at radius 2 is 2.14 bits per heavy atom. The molecule has 142 valence electrons. The molecule has 4 aromatic rings. The number of pyridine rings is 1. The van der Waals surface area contributed by atoms with E-state index in [9.17, 15) is 4.79 Å². The zero-order valence-electron chi connectivity index (χ0n) is 15.0. The Kier molecular flexibility index (Phi) is 4.30. The summed E-state index contributed by atoms with van der Waals surface area (Å²) in [5, 5.41) is 15.7. The van der Waals surface area contributed by atoms with Gasteiger partial charge in [0.15, 0.2) is 5.01 Å². The van der Waals surface area contributed by atoms with Crippen LogP contribution in [-0.2, 0) is 6.54 Å². The summed E-state index contributed by atoms with van der Waals surface area (Å²) in [6.45, 7) is 0.734. The van der Waals surface area contributed by atoms with Gasteiger partial charge in [0.25, 0.3) is 5.91 Å². The van der Waals surface area contributed by atoms with Crippen LogP contribution in [0, 0.1) is 0 Å². The number of aliphatic imine (C=N–C) groups is 1. The fourth-order valence-corrected chi connectivity index (χ4v) is 3.60. The van der Waals surface area contributed by atoms with E-state index in [1.54, 1.807) is 12.1 Å². The first kappa shape index (κ1) is 17.2. The minimum absolute atomic E-state index is 0.313.